The second-order valence-electron chi connectivity index (χ2n) is 7.83. The first-order valence-electron chi connectivity index (χ1n) is 9.18. The second kappa shape index (κ2) is 9.93. The predicted octanol–water partition coefficient (Wildman–Crippen LogP) is 2.66. The number of amides is 1. The van der Waals surface area contributed by atoms with Gasteiger partial charge in [-0.15, -0.1) is 0 Å². The standard InChI is InChI=1S/C19H26BClN4O2.W/c1-12(20)9-14-11-24-17(21)15(22)16(14)23-10-13-5-7-25(8-6-13)18(26)27-19(2,3)4;/h1,9,11,13H,5-8,10,22H2,2-4H3,(H,23,24);. The Hall–Kier alpha value is -1.33. The van der Waals surface area contributed by atoms with E-state index in [1.165, 1.54) is 19.4 Å². The molecule has 1 fully saturated rings. The Kier molecular flexibility index (Phi) is 8.14. The summed E-state index contributed by atoms with van der Waals surface area (Å²) >= 11 is 7.40. The Morgan fingerprint density at radius 3 is 2.71 bits per heavy atom. The zero-order valence-electron chi connectivity index (χ0n) is 16.5. The van der Waals surface area contributed by atoms with Crippen LogP contribution in [0.2, 0.25) is 5.15 Å². The van der Waals surface area contributed by atoms with Gasteiger partial charge >= 0.3 is 148 Å². The van der Waals surface area contributed by atoms with Crippen LogP contribution in [0.5, 0.6) is 0 Å². The van der Waals surface area contributed by atoms with Gasteiger partial charge in [0.15, 0.2) is 0 Å². The van der Waals surface area contributed by atoms with Crippen molar-refractivity contribution in [3.05, 3.63) is 27.7 Å². The van der Waals surface area contributed by atoms with Crippen LogP contribution in [-0.4, -0.2) is 53.5 Å². The van der Waals surface area contributed by atoms with Gasteiger partial charge in [-0.05, 0) is 20.8 Å². The van der Waals surface area contributed by atoms with E-state index in [0.717, 1.165) is 18.4 Å². The van der Waals surface area contributed by atoms with Gasteiger partial charge in [-0.2, -0.15) is 0 Å². The summed E-state index contributed by atoms with van der Waals surface area (Å²) in [5.41, 5.74) is 7.54. The van der Waals surface area contributed by atoms with E-state index in [2.05, 4.69) is 4.98 Å². The summed E-state index contributed by atoms with van der Waals surface area (Å²) < 4.78 is 7.33. The van der Waals surface area contributed by atoms with Crippen LogP contribution in [0.1, 0.15) is 39.2 Å². The predicted molar refractivity (Wildman–Crippen MR) is 111 cm³/mol. The van der Waals surface area contributed by atoms with E-state index >= 15 is 0 Å². The number of H-pyrrole nitrogens is 1. The molecule has 9 heteroatoms. The molecule has 1 aliphatic heterocycles. The van der Waals surface area contributed by atoms with Crippen LogP contribution in [0.15, 0.2) is 16.7 Å². The third kappa shape index (κ3) is 6.63. The average Bonchev–Trinajstić information content (AvgIpc) is 2.63. The fourth-order valence-corrected chi connectivity index (χ4v) is 3.28. The molecule has 0 unspecified atom stereocenters. The molecule has 1 aliphatic rings. The fourth-order valence-electron chi connectivity index (χ4n) is 2.89. The van der Waals surface area contributed by atoms with Gasteiger partial charge in [0, 0.05) is 0 Å². The molecule has 1 aromatic rings. The number of rotatable bonds is 4. The molecule has 0 bridgehead atoms. The van der Waals surface area contributed by atoms with Crippen LogP contribution in [0.25, 0.3) is 6.08 Å². The van der Waals surface area contributed by atoms with Crippen molar-refractivity contribution in [2.75, 3.05) is 25.4 Å². The van der Waals surface area contributed by atoms with Crippen molar-refractivity contribution in [3.63, 3.8) is 0 Å². The zero-order chi connectivity index (χ0) is 20.9. The van der Waals surface area contributed by atoms with E-state index in [0.29, 0.717) is 47.2 Å². The molecule has 1 saturated heterocycles. The number of anilines is 1. The first-order chi connectivity index (χ1) is 13.1. The molecule has 6 nitrogen and oxygen atoms in total. The molecule has 150 valence electrons. The van der Waals surface area contributed by atoms with Gasteiger partial charge in [-0.3, -0.25) is 0 Å². The number of nitrogen functional groups attached to an aromatic ring is 1. The Balaban J connectivity index is 2.08. The molecule has 0 spiro atoms. The quantitative estimate of drug-likeness (QED) is 0.430. The molecule has 28 heavy (non-hydrogen) atoms. The van der Waals surface area contributed by atoms with E-state index in [-0.39, 0.29) is 6.09 Å². The number of nitrogens with zero attached hydrogens (tertiary/aromatic N) is 2. The molecule has 2 heterocycles. The SMILES string of the molecule is [B]C([CH]=[W])=Cc1c[nH]c(Cl)c(N)c1=NCC1CCN(C(=O)OC(C)(C)C)CC1. The fraction of sp³-hybridized carbons (Fsp3) is 0.526. The molecule has 1 aromatic heterocycles. The summed E-state index contributed by atoms with van der Waals surface area (Å²) in [5, 5.41) is 1.01. The zero-order valence-corrected chi connectivity index (χ0v) is 20.2. The number of ether oxygens (including phenoxy) is 1. The Labute approximate surface area is 183 Å². The van der Waals surface area contributed by atoms with Gasteiger partial charge in [0.05, 0.1) is 0 Å². The normalized spacial score (nSPS) is 16.9. The minimum atomic E-state index is -0.479. The van der Waals surface area contributed by atoms with Crippen LogP contribution < -0.4 is 11.1 Å². The summed E-state index contributed by atoms with van der Waals surface area (Å²) in [6.07, 6.45) is 5.08. The van der Waals surface area contributed by atoms with E-state index < -0.39 is 5.60 Å². The molecule has 2 radical (unpaired) electrons. The van der Waals surface area contributed by atoms with Crippen LogP contribution in [0, 0.1) is 5.92 Å². The van der Waals surface area contributed by atoms with Gasteiger partial charge < -0.3 is 4.74 Å². The number of hydrogen-bond acceptors (Lipinski definition) is 4. The van der Waals surface area contributed by atoms with Crippen molar-refractivity contribution in [3.8, 4) is 0 Å². The number of nitrogens with two attached hydrogens (primary N) is 1. The van der Waals surface area contributed by atoms with E-state index in [1.807, 2.05) is 31.2 Å². The van der Waals surface area contributed by atoms with E-state index in [4.69, 9.17) is 34.9 Å². The maximum atomic E-state index is 12.2. The van der Waals surface area contributed by atoms with Gasteiger partial charge in [0.25, 0.3) is 0 Å². The number of carbonyl (C=O) groups is 1. The minimum absolute atomic E-state index is 0.252. The molecule has 0 saturated carbocycles. The number of allylic oxidation sites excluding steroid dienone is 1. The first-order valence-corrected chi connectivity index (χ1v) is 11.2. The summed E-state index contributed by atoms with van der Waals surface area (Å²) in [6, 6.07) is 0. The number of aromatic nitrogens is 1. The molecular formula is C19H26BClN4O2W. The van der Waals surface area contributed by atoms with Crippen molar-refractivity contribution in [2.45, 2.75) is 39.2 Å². The van der Waals surface area contributed by atoms with Crippen molar-refractivity contribution in [1.82, 2.24) is 9.88 Å². The first kappa shape index (κ1) is 23.0. The monoisotopic (exact) mass is 572 g/mol. The molecular weight excluding hydrogens is 546 g/mol. The number of halogens is 1. The maximum absolute atomic E-state index is 12.2. The number of hydrogen-bond donors (Lipinski definition) is 2. The Morgan fingerprint density at radius 1 is 1.50 bits per heavy atom. The van der Waals surface area contributed by atoms with Gasteiger partial charge in [0.1, 0.15) is 5.60 Å². The van der Waals surface area contributed by atoms with E-state index in [9.17, 15) is 4.79 Å². The van der Waals surface area contributed by atoms with Crippen molar-refractivity contribution < 1.29 is 28.9 Å². The summed E-state index contributed by atoms with van der Waals surface area (Å²) in [4.78, 5) is 21.6. The number of nitrogens with one attached hydrogen (secondary N) is 1. The van der Waals surface area contributed by atoms with Gasteiger partial charge in [0.2, 0.25) is 0 Å². The third-order valence-corrected chi connectivity index (χ3v) is 5.64. The van der Waals surface area contributed by atoms with Gasteiger partial charge in [-0.1, -0.05) is 0 Å². The third-order valence-electron chi connectivity index (χ3n) is 4.35. The van der Waals surface area contributed by atoms with Crippen molar-refractivity contribution >= 4 is 41.7 Å². The number of carbonyl (C=O) groups excluding carboxylic acids is 1. The summed E-state index contributed by atoms with van der Waals surface area (Å²) in [7, 11) is 5.94. The average molecular weight is 573 g/mol. The van der Waals surface area contributed by atoms with Crippen LogP contribution >= 0.6 is 11.6 Å². The Bertz CT molecular complexity index is 824. The molecule has 2 rings (SSSR count). The van der Waals surface area contributed by atoms with Crippen molar-refractivity contribution in [1.29, 1.82) is 0 Å². The molecule has 0 aromatic carbocycles. The summed E-state index contributed by atoms with van der Waals surface area (Å²) in [6.45, 7) is 7.58. The molecule has 0 atom stereocenters. The van der Waals surface area contributed by atoms with Crippen LogP contribution in [0.4, 0.5) is 10.5 Å². The van der Waals surface area contributed by atoms with Gasteiger partial charge in [-0.25, -0.2) is 4.79 Å². The number of piperidine rings is 1. The number of pyridine rings is 1. The second-order valence-corrected chi connectivity index (χ2v) is 9.06. The van der Waals surface area contributed by atoms with Crippen LogP contribution in [0.3, 0.4) is 0 Å². The van der Waals surface area contributed by atoms with Crippen molar-refractivity contribution in [2.24, 2.45) is 10.9 Å². The summed E-state index contributed by atoms with van der Waals surface area (Å²) in [5.74, 6) is 0.373. The Morgan fingerprint density at radius 2 is 2.14 bits per heavy atom. The topological polar surface area (TPSA) is 83.7 Å². The molecule has 1 amide bonds. The van der Waals surface area contributed by atoms with E-state index in [1.54, 1.807) is 11.1 Å². The molecule has 3 N–H and O–H groups in total. The van der Waals surface area contributed by atoms with Crippen LogP contribution in [-0.2, 0) is 24.1 Å². The number of aromatic amines is 1. The molecule has 0 aliphatic carbocycles. The number of likely N-dealkylation sites (tertiary alicyclic amines) is 1.